The molecule has 424 valence electrons. The number of methoxy groups -OCH3 is 1. The normalized spacial score (nSPS) is 11.3. The van der Waals surface area contributed by atoms with E-state index in [-0.39, 0.29) is 224 Å². The Morgan fingerprint density at radius 2 is 0.851 bits per heavy atom. The molecule has 22 nitrogen and oxygen atoms in total. The number of fused-ring (bicyclic) bond motifs is 2. The molecule has 0 heterocycles. The first kappa shape index (κ1) is 77.7. The van der Waals surface area contributed by atoms with Gasteiger partial charge < -0.3 is 44.2 Å². The largest absolute Gasteiger partial charge is 1.00 e. The van der Waals surface area contributed by atoms with Gasteiger partial charge in [-0.3, -0.25) is 32.4 Å². The van der Waals surface area contributed by atoms with Crippen molar-refractivity contribution in [2.24, 2.45) is 0 Å². The van der Waals surface area contributed by atoms with Gasteiger partial charge in [-0.1, -0.05) is 60.8 Å². The molecule has 0 saturated heterocycles. The van der Waals surface area contributed by atoms with Gasteiger partial charge in [0.05, 0.1) is 32.2 Å². The first-order chi connectivity index (χ1) is 38.5. The number of anilines is 4. The van der Waals surface area contributed by atoms with E-state index in [0.29, 0.717) is 28.7 Å². The van der Waals surface area contributed by atoms with Crippen molar-refractivity contribution >= 4 is 114 Å². The molecule has 0 atom stereocenters. The number of carbonyl (C=O) groups excluding carboxylic acids is 5. The fourth-order valence-electron chi connectivity index (χ4n) is 9.08. The molecule has 4 N–H and O–H groups in total. The molecule has 8 aromatic carbocycles. The summed E-state index contributed by atoms with van der Waals surface area (Å²) in [6.07, 6.45) is 0.101. The Morgan fingerprint density at radius 3 is 1.29 bits per heavy atom. The van der Waals surface area contributed by atoms with Gasteiger partial charge in [0, 0.05) is 80.5 Å². The molecule has 0 radical (unpaired) electrons. The van der Waals surface area contributed by atoms with E-state index >= 15 is 0 Å². The van der Waals surface area contributed by atoms with Crippen molar-refractivity contribution in [3.05, 3.63) is 190 Å². The van der Waals surface area contributed by atoms with Crippen LogP contribution in [-0.2, 0) is 75.9 Å². The molecule has 0 bridgehead atoms. The maximum Gasteiger partial charge on any atom is 1.00 e. The Balaban J connectivity index is 0.00000396. The van der Waals surface area contributed by atoms with E-state index in [1.165, 1.54) is 74.7 Å². The average molecular weight is 1300 g/mol. The minimum atomic E-state index is -5.29. The summed E-state index contributed by atoms with van der Waals surface area (Å²) in [6.45, 7) is 3.14. The van der Waals surface area contributed by atoms with Crippen molar-refractivity contribution in [2.75, 3.05) is 28.4 Å². The summed E-state index contributed by atoms with van der Waals surface area (Å²) in [5, 5.41) is 8.56. The minimum Gasteiger partial charge on any atom is -0.754 e. The van der Waals surface area contributed by atoms with Crippen LogP contribution in [0.5, 0.6) is 0 Å². The molecule has 8 aromatic rings. The summed E-state index contributed by atoms with van der Waals surface area (Å²) in [6, 6.07) is 30.7. The summed E-state index contributed by atoms with van der Waals surface area (Å²) in [4.78, 5) is 65.0. The topological polar surface area (TPSA) is 372 Å². The van der Waals surface area contributed by atoms with Crippen LogP contribution >= 0.6 is 0 Å². The van der Waals surface area contributed by atoms with E-state index in [4.69, 9.17) is 4.74 Å². The van der Waals surface area contributed by atoms with Gasteiger partial charge in [-0.2, -0.15) is 18.2 Å². The molecule has 0 spiro atoms. The Bertz CT molecular complexity index is 4500. The Labute approximate surface area is 611 Å². The van der Waals surface area contributed by atoms with Crippen molar-refractivity contribution in [2.45, 2.75) is 59.3 Å². The van der Waals surface area contributed by atoms with Gasteiger partial charge in [0.1, 0.15) is 36.1 Å². The van der Waals surface area contributed by atoms with Crippen molar-refractivity contribution in [1.29, 1.82) is 0 Å². The molecular formula is C56H43N4Na5O18S4. The fourth-order valence-corrected chi connectivity index (χ4v) is 11.9. The second-order valence-electron chi connectivity index (χ2n) is 18.5. The van der Waals surface area contributed by atoms with E-state index < -0.39 is 105 Å². The van der Waals surface area contributed by atoms with Crippen LogP contribution in [0.2, 0.25) is 0 Å². The van der Waals surface area contributed by atoms with Gasteiger partial charge in [0.2, 0.25) is 0 Å². The summed E-state index contributed by atoms with van der Waals surface area (Å²) in [7, 11) is -19.5. The number of ether oxygens (including phenoxy) is 1. The molecule has 0 aliphatic carbocycles. The van der Waals surface area contributed by atoms with Gasteiger partial charge in [0.25, 0.3) is 23.6 Å². The molecule has 0 saturated carbocycles. The quantitative estimate of drug-likeness (QED) is 0.0332. The number of ketones is 1. The number of benzene rings is 8. The van der Waals surface area contributed by atoms with Gasteiger partial charge in [-0.15, -0.1) is 5.39 Å². The second kappa shape index (κ2) is 32.1. The van der Waals surface area contributed by atoms with E-state index in [1.54, 1.807) is 37.3 Å². The van der Waals surface area contributed by atoms with Crippen LogP contribution in [0.3, 0.4) is 0 Å². The van der Waals surface area contributed by atoms with Crippen LogP contribution in [0.15, 0.2) is 153 Å². The molecule has 8 rings (SSSR count). The number of hydrogen-bond acceptors (Lipinski definition) is 18. The molecule has 0 fully saturated rings. The zero-order chi connectivity index (χ0) is 59.6. The Morgan fingerprint density at radius 1 is 0.448 bits per heavy atom. The average Bonchev–Trinajstić information content (AvgIpc) is 1.11. The van der Waals surface area contributed by atoms with Crippen LogP contribution in [-0.4, -0.2) is 88.4 Å². The first-order valence-corrected chi connectivity index (χ1v) is 29.7. The van der Waals surface area contributed by atoms with Crippen molar-refractivity contribution in [3.63, 3.8) is 0 Å². The van der Waals surface area contributed by atoms with Crippen LogP contribution in [0.4, 0.5) is 22.7 Å². The molecule has 0 aliphatic heterocycles. The van der Waals surface area contributed by atoms with Crippen LogP contribution < -0.4 is 169 Å². The monoisotopic (exact) mass is 1300 g/mol. The molecule has 0 aromatic heterocycles. The number of nitrogens with one attached hydrogen (secondary N) is 4. The van der Waals surface area contributed by atoms with Crippen LogP contribution in [0.1, 0.15) is 76.2 Å². The zero-order valence-electron chi connectivity index (χ0n) is 48.0. The third kappa shape index (κ3) is 19.0. The maximum atomic E-state index is 13.8. The first-order valence-electron chi connectivity index (χ1n) is 24.1. The Hall–Kier alpha value is -3.57. The number of carbonyl (C=O) groups is 5. The van der Waals surface area contributed by atoms with E-state index in [2.05, 4.69) is 27.3 Å². The predicted molar refractivity (Wildman–Crippen MR) is 293 cm³/mol. The number of rotatable bonds is 19. The minimum absolute atomic E-state index is 0. The molecule has 87 heavy (non-hydrogen) atoms. The zero-order valence-corrected chi connectivity index (χ0v) is 61.3. The van der Waals surface area contributed by atoms with Crippen LogP contribution in [0, 0.1) is 13.0 Å². The number of aryl methyl sites for hydroxylation is 2. The van der Waals surface area contributed by atoms with E-state index in [9.17, 15) is 75.9 Å². The molecule has 0 aliphatic rings. The summed E-state index contributed by atoms with van der Waals surface area (Å²) >= 11 is 0. The van der Waals surface area contributed by atoms with E-state index in [1.807, 2.05) is 0 Å². The van der Waals surface area contributed by atoms with E-state index in [0.717, 1.165) is 42.5 Å². The summed E-state index contributed by atoms with van der Waals surface area (Å²) < 4.78 is 151. The molecular weight excluding hydrogens is 1260 g/mol. The van der Waals surface area contributed by atoms with Crippen molar-refractivity contribution in [1.82, 2.24) is 0 Å². The number of hydrogen-bond donors (Lipinski definition) is 4. The third-order valence-electron chi connectivity index (χ3n) is 12.8. The number of amides is 4. The second-order valence-corrected chi connectivity index (χ2v) is 23.9. The standard InChI is InChI=1S/C56H47N4O18S4.5Na/c1-4-34-14-15-37(55(64)58-44-19-21-48(80(69,70)71)42-22-31(2)23-50(52(42)44)82(75,76)77)28-45(34)59-53(62)35-10-5-8-32(24-35)26-40(61)27-33-9-6-11-36(25-33)54(63)60-46-29-38(16-17-39(46)30-78-3)56(65)57-43-18-20-47(79(66,67)68)41-12-7-13-49(51(41)43)81(72,73)74;;;;;/h5-6,8-25,28-29H,4,26-27,30H2,1-3H3,(H,57,65)(H,58,64)(H,59,62)(H,60,63)(H,66,67,68)(H,69,70,71)(H,72,73,74)(H,75,76,77);;;;;/q-1;5*+1/p-4. The van der Waals surface area contributed by atoms with Crippen LogP contribution in [0.25, 0.3) is 21.5 Å². The summed E-state index contributed by atoms with van der Waals surface area (Å²) in [5.41, 5.74) is 1.86. The van der Waals surface area contributed by atoms with Crippen molar-refractivity contribution in [3.8, 4) is 0 Å². The third-order valence-corrected chi connectivity index (χ3v) is 16.3. The number of Topliss-reactive ketones (excluding diaryl/α,β-unsaturated/α-hetero) is 1. The molecule has 4 amide bonds. The fraction of sp³-hybridized carbons (Fsp3) is 0.125. The van der Waals surface area contributed by atoms with Gasteiger partial charge in [-0.25, -0.2) is 25.3 Å². The molecule has 0 unspecified atom stereocenters. The summed E-state index contributed by atoms with van der Waals surface area (Å²) in [5.74, 6) is -3.34. The Kier molecular flexibility index (Phi) is 28.7. The SMILES string of the molecule is CCc1ccc(C(=O)Nc2ccc(S(=O)(=O)[O-])c3cc(C)cc(S(=O)(=O)[O-])c23)cc1NC(=O)c1cccc(CC(=O)Cc2cccc(C(=O)Nc3cc(C(=O)Nc4ccc(S(=O)(=O)[O-])c5c[c-]cc(S(=O)(=O)[O-])c45)ccc3COC)c2)c1.[Na+].[Na+].[Na+].[Na+].[Na+]. The predicted octanol–water partition coefficient (Wildman–Crippen LogP) is -8.19. The van der Waals surface area contributed by atoms with Gasteiger partial charge in [-0.05, 0) is 113 Å². The maximum absolute atomic E-state index is 13.8. The van der Waals surface area contributed by atoms with Gasteiger partial charge in [0.15, 0.2) is 0 Å². The van der Waals surface area contributed by atoms with Gasteiger partial charge >= 0.3 is 148 Å². The van der Waals surface area contributed by atoms with Crippen molar-refractivity contribution < 1.29 is 228 Å². The molecule has 31 heteroatoms. The smallest absolute Gasteiger partial charge is 0.754 e.